The number of aromatic nitrogens is 4. The zero-order valence-corrected chi connectivity index (χ0v) is 16.0. The van der Waals surface area contributed by atoms with Crippen molar-refractivity contribution in [3.8, 4) is 23.0 Å². The van der Waals surface area contributed by atoms with Crippen LogP contribution in [0.25, 0.3) is 23.0 Å². The highest BCUT2D eigenvalue weighted by atomic mass is 35.5. The molecule has 29 heavy (non-hydrogen) atoms. The number of hydrogen-bond donors (Lipinski definition) is 1. The molecule has 0 unspecified atom stereocenters. The lowest BCUT2D eigenvalue weighted by Gasteiger charge is -2.09. The third kappa shape index (κ3) is 4.33. The van der Waals surface area contributed by atoms with E-state index in [1.54, 1.807) is 35.0 Å². The van der Waals surface area contributed by atoms with E-state index in [1.807, 2.05) is 13.0 Å². The van der Waals surface area contributed by atoms with E-state index in [0.717, 1.165) is 5.56 Å². The molecule has 2 heterocycles. The molecule has 0 aliphatic carbocycles. The molecule has 1 amide bonds. The number of hydrogen-bond acceptors (Lipinski definition) is 5. The summed E-state index contributed by atoms with van der Waals surface area (Å²) in [6, 6.07) is 11.0. The summed E-state index contributed by atoms with van der Waals surface area (Å²) in [4.78, 5) is 20.8. The van der Waals surface area contributed by atoms with E-state index in [4.69, 9.17) is 16.1 Å². The van der Waals surface area contributed by atoms with E-state index in [1.165, 1.54) is 18.5 Å². The highest BCUT2D eigenvalue weighted by Crippen LogP contribution is 2.22. The van der Waals surface area contributed by atoms with Crippen LogP contribution in [0.1, 0.15) is 5.56 Å². The zero-order valence-electron chi connectivity index (χ0n) is 15.3. The van der Waals surface area contributed by atoms with E-state index in [9.17, 15) is 9.18 Å². The summed E-state index contributed by atoms with van der Waals surface area (Å²) >= 11 is 5.98. The van der Waals surface area contributed by atoms with Crippen LogP contribution >= 0.6 is 11.6 Å². The third-order valence-electron chi connectivity index (χ3n) is 4.18. The maximum atomic E-state index is 13.0. The second-order valence-electron chi connectivity index (χ2n) is 6.37. The fraction of sp³-hybridized carbons (Fsp3) is 0.100. The third-order valence-corrected chi connectivity index (χ3v) is 4.41. The number of rotatable bonds is 5. The van der Waals surface area contributed by atoms with Crippen molar-refractivity contribution in [2.45, 2.75) is 13.5 Å². The molecule has 4 rings (SSSR count). The molecule has 146 valence electrons. The minimum absolute atomic E-state index is 0.0572. The lowest BCUT2D eigenvalue weighted by molar-refractivity contribution is -0.116. The number of carbonyl (C=O) groups is 1. The van der Waals surface area contributed by atoms with E-state index in [0.29, 0.717) is 22.0 Å². The van der Waals surface area contributed by atoms with E-state index in [-0.39, 0.29) is 30.0 Å². The molecule has 9 heteroatoms. The van der Waals surface area contributed by atoms with Gasteiger partial charge in [-0.15, -0.1) is 0 Å². The summed E-state index contributed by atoms with van der Waals surface area (Å²) in [6.45, 7) is 1.94. The number of benzene rings is 2. The van der Waals surface area contributed by atoms with Crippen LogP contribution in [0, 0.1) is 12.7 Å². The Labute approximate surface area is 170 Å². The van der Waals surface area contributed by atoms with Crippen LogP contribution in [0.3, 0.4) is 0 Å². The standard InChI is InChI=1S/C20H15ClFN5O2/c1-12-2-5-14(21)8-16(12)24-18(28)10-27-9-17(23-11-27)19-25-20(29-26-19)13-3-6-15(22)7-4-13/h2-9,11H,10H2,1H3,(H,24,28). The summed E-state index contributed by atoms with van der Waals surface area (Å²) in [7, 11) is 0. The van der Waals surface area contributed by atoms with Gasteiger partial charge in [-0.1, -0.05) is 22.8 Å². The van der Waals surface area contributed by atoms with Gasteiger partial charge in [-0.05, 0) is 48.9 Å². The van der Waals surface area contributed by atoms with Gasteiger partial charge in [0.2, 0.25) is 11.7 Å². The van der Waals surface area contributed by atoms with Gasteiger partial charge in [-0.3, -0.25) is 4.79 Å². The molecule has 1 N–H and O–H groups in total. The Balaban J connectivity index is 1.45. The summed E-state index contributed by atoms with van der Waals surface area (Å²) < 4.78 is 19.9. The molecule has 0 fully saturated rings. The lowest BCUT2D eigenvalue weighted by atomic mass is 10.2. The fourth-order valence-electron chi connectivity index (χ4n) is 2.68. The molecule has 0 saturated heterocycles. The van der Waals surface area contributed by atoms with Gasteiger partial charge in [-0.2, -0.15) is 4.98 Å². The lowest BCUT2D eigenvalue weighted by Crippen LogP contribution is -2.18. The van der Waals surface area contributed by atoms with E-state index in [2.05, 4.69) is 20.4 Å². The first kappa shape index (κ1) is 18.8. The molecular formula is C20H15ClFN5O2. The molecule has 0 radical (unpaired) electrons. The monoisotopic (exact) mass is 411 g/mol. The van der Waals surface area contributed by atoms with Gasteiger partial charge in [0, 0.05) is 22.5 Å². The highest BCUT2D eigenvalue weighted by Gasteiger charge is 2.14. The quantitative estimate of drug-likeness (QED) is 0.528. The number of nitrogens with zero attached hydrogens (tertiary/aromatic N) is 4. The Kier molecular flexibility index (Phi) is 5.09. The Morgan fingerprint density at radius 1 is 1.24 bits per heavy atom. The Morgan fingerprint density at radius 2 is 2.03 bits per heavy atom. The van der Waals surface area contributed by atoms with Crippen LogP contribution in [0.5, 0.6) is 0 Å². The van der Waals surface area contributed by atoms with Crippen molar-refractivity contribution in [1.29, 1.82) is 0 Å². The highest BCUT2D eigenvalue weighted by molar-refractivity contribution is 6.31. The maximum absolute atomic E-state index is 13.0. The maximum Gasteiger partial charge on any atom is 0.258 e. The van der Waals surface area contributed by atoms with Crippen molar-refractivity contribution in [2.24, 2.45) is 0 Å². The number of halogens is 2. The van der Waals surface area contributed by atoms with Crippen molar-refractivity contribution in [2.75, 3.05) is 5.32 Å². The summed E-state index contributed by atoms with van der Waals surface area (Å²) in [5.74, 6) is -0.0456. The van der Waals surface area contributed by atoms with Gasteiger partial charge in [-0.25, -0.2) is 9.37 Å². The average Bonchev–Trinajstić information content (AvgIpc) is 3.35. The predicted molar refractivity (Wildman–Crippen MR) is 106 cm³/mol. The number of anilines is 1. The second kappa shape index (κ2) is 7.84. The first-order valence-corrected chi connectivity index (χ1v) is 9.03. The Morgan fingerprint density at radius 3 is 2.83 bits per heavy atom. The largest absolute Gasteiger partial charge is 0.334 e. The van der Waals surface area contributed by atoms with Gasteiger partial charge < -0.3 is 14.4 Å². The summed E-state index contributed by atoms with van der Waals surface area (Å²) in [6.07, 6.45) is 3.15. The minimum atomic E-state index is -0.349. The first-order valence-electron chi connectivity index (χ1n) is 8.66. The van der Waals surface area contributed by atoms with Crippen molar-refractivity contribution >= 4 is 23.2 Å². The first-order chi connectivity index (χ1) is 14.0. The van der Waals surface area contributed by atoms with Gasteiger partial charge in [0.05, 0.1) is 6.33 Å². The SMILES string of the molecule is Cc1ccc(Cl)cc1NC(=O)Cn1cnc(-c2noc(-c3ccc(F)cc3)n2)c1. The van der Waals surface area contributed by atoms with Gasteiger partial charge in [0.1, 0.15) is 18.1 Å². The number of nitrogens with one attached hydrogen (secondary N) is 1. The van der Waals surface area contributed by atoms with Crippen LogP contribution < -0.4 is 5.32 Å². The minimum Gasteiger partial charge on any atom is -0.334 e. The fourth-order valence-corrected chi connectivity index (χ4v) is 2.86. The molecule has 0 saturated carbocycles. The molecule has 0 atom stereocenters. The van der Waals surface area contributed by atoms with Gasteiger partial charge in [0.25, 0.3) is 5.89 Å². The van der Waals surface area contributed by atoms with Crippen LogP contribution in [-0.2, 0) is 11.3 Å². The summed E-state index contributed by atoms with van der Waals surface area (Å²) in [5, 5.41) is 7.27. The van der Waals surface area contributed by atoms with Crippen molar-refractivity contribution in [3.63, 3.8) is 0 Å². The number of amides is 1. The van der Waals surface area contributed by atoms with Gasteiger partial charge in [0.15, 0.2) is 0 Å². The molecule has 0 bridgehead atoms. The van der Waals surface area contributed by atoms with Gasteiger partial charge >= 0.3 is 0 Å². The normalized spacial score (nSPS) is 10.9. The molecule has 2 aromatic heterocycles. The second-order valence-corrected chi connectivity index (χ2v) is 6.81. The topological polar surface area (TPSA) is 85.8 Å². The van der Waals surface area contributed by atoms with Crippen LogP contribution in [-0.4, -0.2) is 25.6 Å². The molecule has 4 aromatic rings. The van der Waals surface area contributed by atoms with E-state index >= 15 is 0 Å². The average molecular weight is 412 g/mol. The van der Waals surface area contributed by atoms with Crippen molar-refractivity contribution in [3.05, 3.63) is 71.4 Å². The molecule has 2 aromatic carbocycles. The molecule has 0 aliphatic heterocycles. The number of imidazole rings is 1. The van der Waals surface area contributed by atoms with Crippen LogP contribution in [0.4, 0.5) is 10.1 Å². The molecule has 7 nitrogen and oxygen atoms in total. The van der Waals surface area contributed by atoms with Crippen molar-refractivity contribution in [1.82, 2.24) is 19.7 Å². The predicted octanol–water partition coefficient (Wildman–Crippen LogP) is 4.34. The number of aryl methyl sites for hydroxylation is 1. The molecule has 0 spiro atoms. The molecular weight excluding hydrogens is 397 g/mol. The van der Waals surface area contributed by atoms with E-state index < -0.39 is 0 Å². The Bertz CT molecular complexity index is 1170. The zero-order chi connectivity index (χ0) is 20.4. The molecule has 0 aliphatic rings. The Hall–Kier alpha value is -3.52. The van der Waals surface area contributed by atoms with Crippen molar-refractivity contribution < 1.29 is 13.7 Å². The van der Waals surface area contributed by atoms with Crippen LogP contribution in [0.15, 0.2) is 59.5 Å². The smallest absolute Gasteiger partial charge is 0.258 e. The summed E-state index contributed by atoms with van der Waals surface area (Å²) in [5.41, 5.74) is 2.62. The van der Waals surface area contributed by atoms with Crippen LogP contribution in [0.2, 0.25) is 5.02 Å². The number of carbonyl (C=O) groups excluding carboxylic acids is 1.